The number of aryl methyl sites for hydroxylation is 2. The van der Waals surface area contributed by atoms with Gasteiger partial charge in [0.1, 0.15) is 5.82 Å². The maximum Gasteiger partial charge on any atom is 0.123 e. The summed E-state index contributed by atoms with van der Waals surface area (Å²) in [6.45, 7) is 4.03. The van der Waals surface area contributed by atoms with E-state index in [0.29, 0.717) is 0 Å². The first-order valence-corrected chi connectivity index (χ1v) is 5.43. The van der Waals surface area contributed by atoms with Crippen molar-refractivity contribution in [2.75, 3.05) is 0 Å². The summed E-state index contributed by atoms with van der Waals surface area (Å²) in [5.41, 5.74) is 8.95. The Bertz CT molecular complexity index is 482. The van der Waals surface area contributed by atoms with E-state index in [1.165, 1.54) is 0 Å². The molecule has 86 valence electrons. The second kappa shape index (κ2) is 4.09. The number of H-pyrrole nitrogens is 1. The van der Waals surface area contributed by atoms with Gasteiger partial charge in [0.15, 0.2) is 0 Å². The molecule has 3 N–H and O–H groups in total. The highest BCUT2D eigenvalue weighted by molar-refractivity contribution is 5.60. The van der Waals surface area contributed by atoms with Crippen molar-refractivity contribution in [2.45, 2.75) is 26.3 Å². The lowest BCUT2D eigenvalue weighted by Gasteiger charge is -2.03. The summed E-state index contributed by atoms with van der Waals surface area (Å²) in [6.07, 6.45) is 4.66. The van der Waals surface area contributed by atoms with Crippen molar-refractivity contribution >= 4 is 0 Å². The molecule has 0 aliphatic carbocycles. The third-order valence-electron chi connectivity index (χ3n) is 2.69. The van der Waals surface area contributed by atoms with E-state index in [1.807, 2.05) is 33.3 Å². The number of hydrogen-bond donors (Lipinski definition) is 2. The molecule has 0 fully saturated rings. The number of hydrogen-bond acceptors (Lipinski definition) is 3. The predicted molar refractivity (Wildman–Crippen MR) is 62.7 cm³/mol. The van der Waals surface area contributed by atoms with Crippen molar-refractivity contribution in [3.05, 3.63) is 23.9 Å². The van der Waals surface area contributed by atoms with E-state index in [0.717, 1.165) is 29.2 Å². The zero-order valence-electron chi connectivity index (χ0n) is 9.86. The van der Waals surface area contributed by atoms with Crippen LogP contribution in [0.1, 0.15) is 30.9 Å². The molecule has 5 nitrogen and oxygen atoms in total. The average Bonchev–Trinajstić information content (AvgIpc) is 2.83. The minimum atomic E-state index is -0.0225. The zero-order chi connectivity index (χ0) is 11.7. The normalized spacial score (nSPS) is 13.0. The molecular weight excluding hydrogens is 202 g/mol. The largest absolute Gasteiger partial charge is 0.341 e. The van der Waals surface area contributed by atoms with Crippen molar-refractivity contribution in [1.82, 2.24) is 19.7 Å². The van der Waals surface area contributed by atoms with Gasteiger partial charge in [0.25, 0.3) is 0 Å². The number of nitrogens with one attached hydrogen (secondary N) is 1. The third kappa shape index (κ3) is 1.86. The summed E-state index contributed by atoms with van der Waals surface area (Å²) < 4.78 is 1.80. The van der Waals surface area contributed by atoms with E-state index in [2.05, 4.69) is 15.1 Å². The fourth-order valence-corrected chi connectivity index (χ4v) is 1.72. The van der Waals surface area contributed by atoms with Crippen molar-refractivity contribution in [3.63, 3.8) is 0 Å². The lowest BCUT2D eigenvalue weighted by molar-refractivity contribution is 0.658. The molecule has 1 atom stereocenters. The Hall–Kier alpha value is -1.62. The lowest BCUT2D eigenvalue weighted by atomic mass is 10.2. The van der Waals surface area contributed by atoms with Gasteiger partial charge in [-0.1, -0.05) is 6.92 Å². The van der Waals surface area contributed by atoms with E-state index in [4.69, 9.17) is 5.73 Å². The molecule has 0 aliphatic rings. The molecular formula is C11H17N5. The van der Waals surface area contributed by atoms with Gasteiger partial charge in [0.2, 0.25) is 0 Å². The van der Waals surface area contributed by atoms with Crippen molar-refractivity contribution < 1.29 is 0 Å². The van der Waals surface area contributed by atoms with Crippen LogP contribution in [0.5, 0.6) is 0 Å². The summed E-state index contributed by atoms with van der Waals surface area (Å²) in [5.74, 6) is 0.834. The molecule has 2 rings (SSSR count). The highest BCUT2D eigenvalue weighted by Crippen LogP contribution is 2.21. The molecule has 2 heterocycles. The number of aromatic amines is 1. The molecule has 0 saturated heterocycles. The minimum absolute atomic E-state index is 0.0225. The second-order valence-corrected chi connectivity index (χ2v) is 4.00. The molecule has 16 heavy (non-hydrogen) atoms. The van der Waals surface area contributed by atoms with Crippen LogP contribution in [0.2, 0.25) is 0 Å². The fraction of sp³-hybridized carbons (Fsp3) is 0.455. The van der Waals surface area contributed by atoms with Gasteiger partial charge in [-0.05, 0) is 13.3 Å². The summed E-state index contributed by atoms with van der Waals surface area (Å²) in [6, 6.07) is -0.0225. The quantitative estimate of drug-likeness (QED) is 0.822. The molecule has 0 aliphatic heterocycles. The van der Waals surface area contributed by atoms with E-state index in [-0.39, 0.29) is 6.04 Å². The van der Waals surface area contributed by atoms with Gasteiger partial charge in [-0.25, -0.2) is 4.98 Å². The van der Waals surface area contributed by atoms with Crippen LogP contribution < -0.4 is 5.73 Å². The second-order valence-electron chi connectivity index (χ2n) is 4.00. The van der Waals surface area contributed by atoms with E-state index in [9.17, 15) is 0 Å². The lowest BCUT2D eigenvalue weighted by Crippen LogP contribution is -2.10. The Kier molecular flexibility index (Phi) is 2.78. The van der Waals surface area contributed by atoms with Crippen LogP contribution in [-0.4, -0.2) is 19.7 Å². The minimum Gasteiger partial charge on any atom is -0.341 e. The number of nitrogens with two attached hydrogens (primary N) is 1. The van der Waals surface area contributed by atoms with Gasteiger partial charge >= 0.3 is 0 Å². The highest BCUT2D eigenvalue weighted by atomic mass is 15.2. The van der Waals surface area contributed by atoms with Crippen molar-refractivity contribution in [3.8, 4) is 11.3 Å². The van der Waals surface area contributed by atoms with Crippen LogP contribution in [0.15, 0.2) is 12.4 Å². The van der Waals surface area contributed by atoms with Gasteiger partial charge in [0, 0.05) is 18.8 Å². The summed E-state index contributed by atoms with van der Waals surface area (Å²) in [7, 11) is 1.91. The Morgan fingerprint density at radius 3 is 2.88 bits per heavy atom. The maximum absolute atomic E-state index is 5.91. The van der Waals surface area contributed by atoms with Crippen LogP contribution >= 0.6 is 0 Å². The predicted octanol–water partition coefficient (Wildman–Crippen LogP) is 1.53. The monoisotopic (exact) mass is 219 g/mol. The molecule has 2 aromatic heterocycles. The standard InChI is InChI=1S/C11H17N5/c1-4-9(12)11-13-5-10(14-11)8-6-16(3)15-7(8)2/h5-6,9H,4,12H2,1-3H3,(H,13,14). The SMILES string of the molecule is CCC(N)c1ncc(-c2cn(C)nc2C)[nH]1. The number of aromatic nitrogens is 4. The van der Waals surface area contributed by atoms with Gasteiger partial charge in [-0.2, -0.15) is 5.10 Å². The first-order chi connectivity index (χ1) is 7.61. The Morgan fingerprint density at radius 1 is 1.56 bits per heavy atom. The van der Waals surface area contributed by atoms with E-state index in [1.54, 1.807) is 4.68 Å². The Morgan fingerprint density at radius 2 is 2.31 bits per heavy atom. The molecule has 0 spiro atoms. The van der Waals surface area contributed by atoms with Crippen LogP contribution in [-0.2, 0) is 7.05 Å². The molecule has 0 bridgehead atoms. The Balaban J connectivity index is 2.35. The Labute approximate surface area is 94.7 Å². The summed E-state index contributed by atoms with van der Waals surface area (Å²) in [5, 5.41) is 4.30. The topological polar surface area (TPSA) is 72.5 Å². The molecule has 5 heteroatoms. The van der Waals surface area contributed by atoms with Crippen LogP contribution in [0.3, 0.4) is 0 Å². The van der Waals surface area contributed by atoms with E-state index >= 15 is 0 Å². The summed E-state index contributed by atoms with van der Waals surface area (Å²) >= 11 is 0. The first-order valence-electron chi connectivity index (χ1n) is 5.43. The third-order valence-corrected chi connectivity index (χ3v) is 2.69. The molecule has 0 aromatic carbocycles. The number of rotatable bonds is 3. The van der Waals surface area contributed by atoms with Crippen LogP contribution in [0.25, 0.3) is 11.3 Å². The highest BCUT2D eigenvalue weighted by Gasteiger charge is 2.12. The first kappa shape index (κ1) is 10.9. The van der Waals surface area contributed by atoms with Gasteiger partial charge in [-0.3, -0.25) is 4.68 Å². The maximum atomic E-state index is 5.91. The average molecular weight is 219 g/mol. The van der Waals surface area contributed by atoms with Crippen LogP contribution in [0.4, 0.5) is 0 Å². The van der Waals surface area contributed by atoms with Crippen molar-refractivity contribution in [2.24, 2.45) is 12.8 Å². The zero-order valence-corrected chi connectivity index (χ0v) is 9.86. The summed E-state index contributed by atoms with van der Waals surface area (Å²) in [4.78, 5) is 7.54. The van der Waals surface area contributed by atoms with Crippen molar-refractivity contribution in [1.29, 1.82) is 0 Å². The molecule has 0 radical (unpaired) electrons. The molecule has 0 amide bonds. The van der Waals surface area contributed by atoms with Crippen LogP contribution in [0, 0.1) is 6.92 Å². The smallest absolute Gasteiger partial charge is 0.123 e. The fourth-order valence-electron chi connectivity index (χ4n) is 1.72. The van der Waals surface area contributed by atoms with Gasteiger partial charge in [-0.15, -0.1) is 0 Å². The molecule has 0 saturated carbocycles. The molecule has 1 unspecified atom stereocenters. The molecule has 2 aromatic rings. The van der Waals surface area contributed by atoms with E-state index < -0.39 is 0 Å². The van der Waals surface area contributed by atoms with Gasteiger partial charge in [0.05, 0.1) is 23.6 Å². The number of imidazole rings is 1. The van der Waals surface area contributed by atoms with Gasteiger partial charge < -0.3 is 10.7 Å². The number of nitrogens with zero attached hydrogens (tertiary/aromatic N) is 3.